The fourth-order valence-corrected chi connectivity index (χ4v) is 8.61. The second kappa shape index (κ2) is 19.3. The van der Waals surface area contributed by atoms with Gasteiger partial charge in [-0.1, -0.05) is 86.4 Å². The number of benzene rings is 4. The molecule has 3 aromatic heterocycles. The maximum absolute atomic E-state index is 15.1. The van der Waals surface area contributed by atoms with Gasteiger partial charge in [-0.2, -0.15) is 0 Å². The van der Waals surface area contributed by atoms with Crippen molar-refractivity contribution in [2.45, 2.75) is 58.6 Å². The summed E-state index contributed by atoms with van der Waals surface area (Å²) in [5.41, 5.74) is 5.76. The van der Waals surface area contributed by atoms with Crippen LogP contribution in [-0.4, -0.2) is 79.1 Å². The molecule has 0 spiro atoms. The lowest BCUT2D eigenvalue weighted by Crippen LogP contribution is -2.22. The summed E-state index contributed by atoms with van der Waals surface area (Å²) in [7, 11) is 4.49. The second-order valence-electron chi connectivity index (χ2n) is 16.5. The lowest BCUT2D eigenvalue weighted by molar-refractivity contribution is 0.0433. The molecule has 7 aromatic rings. The van der Waals surface area contributed by atoms with Crippen molar-refractivity contribution < 1.29 is 47.5 Å². The van der Waals surface area contributed by atoms with E-state index in [2.05, 4.69) is 34.6 Å². The molecule has 1 aliphatic rings. The minimum Gasteiger partial charge on any atom is -0.497 e. The van der Waals surface area contributed by atoms with Crippen molar-refractivity contribution in [2.24, 2.45) is 0 Å². The maximum Gasteiger partial charge on any atom is 0.363 e. The van der Waals surface area contributed by atoms with Crippen LogP contribution in [0.15, 0.2) is 97.1 Å². The van der Waals surface area contributed by atoms with Crippen LogP contribution in [0.4, 0.5) is 0 Å². The molecule has 0 saturated carbocycles. The second-order valence-corrected chi connectivity index (χ2v) is 22.1. The van der Waals surface area contributed by atoms with Gasteiger partial charge in [-0.05, 0) is 59.5 Å². The van der Waals surface area contributed by atoms with Crippen molar-refractivity contribution in [1.82, 2.24) is 24.1 Å². The van der Waals surface area contributed by atoms with E-state index < -0.39 is 20.0 Å². The Bertz CT molecular complexity index is 2800. The van der Waals surface area contributed by atoms with Crippen LogP contribution in [0.2, 0.25) is 25.7 Å². The quantitative estimate of drug-likeness (QED) is 0.0457. The normalized spacial score (nSPS) is 12.2. The molecule has 0 N–H and O–H groups in total. The van der Waals surface area contributed by atoms with Crippen molar-refractivity contribution in [1.29, 1.82) is 0 Å². The van der Waals surface area contributed by atoms with Crippen molar-refractivity contribution >= 4 is 30.9 Å². The Balaban J connectivity index is 1.40. The topological polar surface area (TPSA) is 157 Å². The molecular weight excluding hydrogens is 847 g/mol. The van der Waals surface area contributed by atoms with Gasteiger partial charge >= 0.3 is 30.0 Å². The number of hydrogen-bond acceptors (Lipinski definition) is 13. The largest absolute Gasteiger partial charge is 0.497 e. The third-order valence-corrected chi connectivity index (χ3v) is 12.8. The molecule has 0 fully saturated rings. The number of fused-ring (bicyclic) bond motifs is 5. The molecule has 336 valence electrons. The first-order valence-electron chi connectivity index (χ1n) is 21.2. The van der Waals surface area contributed by atoms with E-state index in [0.717, 1.165) is 28.1 Å². The van der Waals surface area contributed by atoms with Gasteiger partial charge in [0.25, 0.3) is 0 Å². The summed E-state index contributed by atoms with van der Waals surface area (Å²) in [4.78, 5) is 42.4. The number of nitrogens with zero attached hydrogens (tertiary/aromatic N) is 5. The summed E-state index contributed by atoms with van der Waals surface area (Å²) in [5.74, 6) is 0.428. The Morgan fingerprint density at radius 1 is 0.708 bits per heavy atom. The third kappa shape index (κ3) is 9.54. The molecule has 0 atom stereocenters. The number of methoxy groups -OCH3 is 4. The fraction of sp³-hybridized carbons (Fsp3) is 0.286. The lowest BCUT2D eigenvalue weighted by Gasteiger charge is -2.18. The van der Waals surface area contributed by atoms with E-state index in [4.69, 9.17) is 37.9 Å². The van der Waals surface area contributed by atoms with Crippen LogP contribution >= 0.6 is 0 Å². The van der Waals surface area contributed by atoms with E-state index in [9.17, 15) is 4.79 Å². The Morgan fingerprint density at radius 2 is 1.37 bits per heavy atom. The molecule has 0 radical (unpaired) electrons. The van der Waals surface area contributed by atoms with E-state index in [-0.39, 0.29) is 49.3 Å². The highest BCUT2D eigenvalue weighted by atomic mass is 28.3. The van der Waals surface area contributed by atoms with Crippen molar-refractivity contribution in [3.05, 3.63) is 125 Å². The SMILES string of the molecule is COc1ccc(CCn2c(C(=O)Oc3nc(OC)nc(OC)n3)c(-c3ccc(OC)cc3)c3c2C(=O)OCc2c-3c3cccc(OCc4ccccc4)c3n2COCC[Si](C)(C)C)cc1. The van der Waals surface area contributed by atoms with Gasteiger partial charge < -0.3 is 47.0 Å². The van der Waals surface area contributed by atoms with Gasteiger partial charge in [0.05, 0.1) is 39.6 Å². The summed E-state index contributed by atoms with van der Waals surface area (Å²) >= 11 is 0. The van der Waals surface area contributed by atoms with Crippen LogP contribution in [0, 0.1) is 0 Å². The van der Waals surface area contributed by atoms with Gasteiger partial charge in [-0.25, -0.2) is 9.59 Å². The summed E-state index contributed by atoms with van der Waals surface area (Å²) in [6.07, 6.45) is 0.408. The molecule has 1 aliphatic heterocycles. The summed E-state index contributed by atoms with van der Waals surface area (Å²) in [6, 6.07) is 31.0. The zero-order chi connectivity index (χ0) is 45.7. The smallest absolute Gasteiger partial charge is 0.363 e. The molecule has 0 aliphatic carbocycles. The van der Waals surface area contributed by atoms with Crippen LogP contribution in [0.3, 0.4) is 0 Å². The third-order valence-electron chi connectivity index (χ3n) is 11.1. The van der Waals surface area contributed by atoms with E-state index in [0.29, 0.717) is 64.8 Å². The number of hydrogen-bond donors (Lipinski definition) is 0. The molecule has 8 rings (SSSR count). The number of aryl methyl sites for hydroxylation is 1. The van der Waals surface area contributed by atoms with Gasteiger partial charge in [-0.15, -0.1) is 15.0 Å². The molecule has 0 amide bonds. The zero-order valence-electron chi connectivity index (χ0n) is 37.5. The van der Waals surface area contributed by atoms with Crippen molar-refractivity contribution in [2.75, 3.05) is 35.0 Å². The van der Waals surface area contributed by atoms with Gasteiger partial charge in [0.1, 0.15) is 48.6 Å². The number of carbonyl (C=O) groups excluding carboxylic acids is 2. The van der Waals surface area contributed by atoms with Gasteiger partial charge in [-0.3, -0.25) is 0 Å². The summed E-state index contributed by atoms with van der Waals surface area (Å²) < 4.78 is 50.6. The minimum absolute atomic E-state index is 0.0561. The first kappa shape index (κ1) is 44.4. The monoisotopic (exact) mass is 897 g/mol. The molecular formula is C49H51N5O10Si. The maximum atomic E-state index is 15.1. The highest BCUT2D eigenvalue weighted by molar-refractivity contribution is 6.76. The Morgan fingerprint density at radius 3 is 2.02 bits per heavy atom. The van der Waals surface area contributed by atoms with Gasteiger partial charge in [0.2, 0.25) is 0 Å². The molecule has 4 heterocycles. The summed E-state index contributed by atoms with van der Waals surface area (Å²) in [6.45, 7) is 8.01. The van der Waals surface area contributed by atoms with Crippen molar-refractivity contribution in [3.63, 3.8) is 0 Å². The number of aromatic nitrogens is 5. The first-order valence-corrected chi connectivity index (χ1v) is 24.9. The molecule has 15 nitrogen and oxygen atoms in total. The molecule has 4 aromatic carbocycles. The standard InChI is InChI=1S/C49H51N5O10Si/c1-57-34-20-16-31(17-21-34)24-25-53-43(46(56)64-49-51-47(59-3)50-48(52-49)60-4)39(33-18-22-35(58-2)23-19-33)41-40-36-14-11-15-38(62-28-32-12-9-8-10-13-32)42(36)54(30-61-26-27-65(5,6)7)37(40)29-63-45(55)44(41)53/h8-23H,24-30H2,1-7H3. The number of esters is 2. The van der Waals surface area contributed by atoms with Crippen LogP contribution < -0.4 is 28.4 Å². The van der Waals surface area contributed by atoms with Crippen LogP contribution in [-0.2, 0) is 42.4 Å². The highest BCUT2D eigenvalue weighted by Gasteiger charge is 2.39. The predicted molar refractivity (Wildman–Crippen MR) is 246 cm³/mol. The predicted octanol–water partition coefficient (Wildman–Crippen LogP) is 9.02. The average Bonchev–Trinajstić information content (AvgIpc) is 3.77. The first-order chi connectivity index (χ1) is 31.5. The van der Waals surface area contributed by atoms with Crippen LogP contribution in [0.1, 0.15) is 37.8 Å². The van der Waals surface area contributed by atoms with Crippen molar-refractivity contribution in [3.8, 4) is 57.5 Å². The minimum atomic E-state index is -1.45. The number of cyclic esters (lactones) is 1. The van der Waals surface area contributed by atoms with E-state index >= 15 is 4.79 Å². The van der Waals surface area contributed by atoms with Gasteiger partial charge in [0, 0.05) is 43.3 Å². The Kier molecular flexibility index (Phi) is 13.2. The van der Waals surface area contributed by atoms with E-state index in [1.807, 2.05) is 89.5 Å². The highest BCUT2D eigenvalue weighted by Crippen LogP contribution is 2.49. The van der Waals surface area contributed by atoms with E-state index in [1.54, 1.807) is 30.9 Å². The Labute approximate surface area is 377 Å². The number of carbonyl (C=O) groups is 2. The molecule has 0 bridgehead atoms. The number of ether oxygens (including phenoxy) is 8. The number of para-hydroxylation sites is 1. The van der Waals surface area contributed by atoms with Gasteiger partial charge in [0.15, 0.2) is 0 Å². The van der Waals surface area contributed by atoms with Crippen LogP contribution in [0.5, 0.6) is 35.3 Å². The van der Waals surface area contributed by atoms with E-state index in [1.165, 1.54) is 14.2 Å². The molecule has 65 heavy (non-hydrogen) atoms. The molecule has 16 heteroatoms. The number of rotatable bonds is 18. The molecule has 0 unspecified atom stereocenters. The fourth-order valence-electron chi connectivity index (χ4n) is 7.85. The molecule has 0 saturated heterocycles. The lowest BCUT2D eigenvalue weighted by atomic mass is 9.93. The average molecular weight is 898 g/mol. The van der Waals surface area contributed by atoms with Crippen LogP contribution in [0.25, 0.3) is 33.2 Å². The Hall–Kier alpha value is -7.17. The summed E-state index contributed by atoms with van der Waals surface area (Å²) in [5, 5.41) is 0.771. The zero-order valence-corrected chi connectivity index (χ0v) is 38.5.